The van der Waals surface area contributed by atoms with E-state index < -0.39 is 0 Å². The summed E-state index contributed by atoms with van der Waals surface area (Å²) in [5, 5.41) is 19.4. The Balaban J connectivity index is 2.31. The van der Waals surface area contributed by atoms with Crippen molar-refractivity contribution in [3.05, 3.63) is 60.3 Å². The number of aromatic nitrogens is 1. The highest BCUT2D eigenvalue weighted by molar-refractivity contribution is 5.97. The van der Waals surface area contributed by atoms with Gasteiger partial charge in [0.1, 0.15) is 11.8 Å². The molecule has 0 saturated carbocycles. The van der Waals surface area contributed by atoms with Gasteiger partial charge >= 0.3 is 0 Å². The number of aromatic hydroxyl groups is 1. The molecule has 3 rings (SSSR count). The van der Waals surface area contributed by atoms with Crippen LogP contribution in [-0.4, -0.2) is 10.1 Å². The van der Waals surface area contributed by atoms with E-state index >= 15 is 0 Å². The minimum atomic E-state index is 0.236. The second-order valence-corrected chi connectivity index (χ2v) is 4.22. The van der Waals surface area contributed by atoms with Gasteiger partial charge in [0, 0.05) is 11.6 Å². The number of phenols is 1. The standard InChI is InChI=1S/C16H10N2O/c17-10-12-5-8-14(11-3-6-13(19)7-4-11)15-2-1-9-18-16(12)15/h1-9,19H. The van der Waals surface area contributed by atoms with Crippen molar-refractivity contribution in [3.8, 4) is 22.9 Å². The van der Waals surface area contributed by atoms with E-state index in [1.807, 2.05) is 30.3 Å². The molecule has 0 saturated heterocycles. The maximum atomic E-state index is 9.34. The van der Waals surface area contributed by atoms with Crippen LogP contribution in [0, 0.1) is 11.3 Å². The summed E-state index contributed by atoms with van der Waals surface area (Å²) < 4.78 is 0. The van der Waals surface area contributed by atoms with Crippen LogP contribution in [0.25, 0.3) is 22.0 Å². The summed E-state index contributed by atoms with van der Waals surface area (Å²) >= 11 is 0. The average molecular weight is 246 g/mol. The monoisotopic (exact) mass is 246 g/mol. The molecule has 1 heterocycles. The topological polar surface area (TPSA) is 56.9 Å². The van der Waals surface area contributed by atoms with E-state index in [0.717, 1.165) is 16.5 Å². The van der Waals surface area contributed by atoms with E-state index in [9.17, 15) is 5.11 Å². The smallest absolute Gasteiger partial charge is 0.115 e. The van der Waals surface area contributed by atoms with Crippen molar-refractivity contribution in [1.29, 1.82) is 5.26 Å². The zero-order valence-corrected chi connectivity index (χ0v) is 10.0. The maximum Gasteiger partial charge on any atom is 0.115 e. The van der Waals surface area contributed by atoms with Crippen LogP contribution in [0.5, 0.6) is 5.75 Å². The highest BCUT2D eigenvalue weighted by Gasteiger charge is 2.08. The summed E-state index contributed by atoms with van der Waals surface area (Å²) in [6, 6.07) is 16.6. The molecule has 19 heavy (non-hydrogen) atoms. The van der Waals surface area contributed by atoms with Crippen molar-refractivity contribution in [2.45, 2.75) is 0 Å². The molecule has 0 amide bonds. The van der Waals surface area contributed by atoms with E-state index in [2.05, 4.69) is 11.1 Å². The third kappa shape index (κ3) is 1.90. The lowest BCUT2D eigenvalue weighted by atomic mass is 9.98. The van der Waals surface area contributed by atoms with Gasteiger partial charge in [-0.3, -0.25) is 4.98 Å². The third-order valence-corrected chi connectivity index (χ3v) is 3.07. The van der Waals surface area contributed by atoms with Crippen molar-refractivity contribution in [1.82, 2.24) is 4.98 Å². The largest absolute Gasteiger partial charge is 0.508 e. The Morgan fingerprint density at radius 1 is 1.00 bits per heavy atom. The summed E-state index contributed by atoms with van der Waals surface area (Å²) in [4.78, 5) is 4.28. The molecule has 0 bridgehead atoms. The molecule has 0 unspecified atom stereocenters. The molecule has 3 heteroatoms. The number of nitriles is 1. The Kier molecular flexibility index (Phi) is 2.62. The molecule has 0 radical (unpaired) electrons. The van der Waals surface area contributed by atoms with Gasteiger partial charge in [-0.15, -0.1) is 0 Å². The summed E-state index contributed by atoms with van der Waals surface area (Å²) in [7, 11) is 0. The van der Waals surface area contributed by atoms with Gasteiger partial charge in [0.25, 0.3) is 0 Å². The van der Waals surface area contributed by atoms with Crippen molar-refractivity contribution in [2.75, 3.05) is 0 Å². The average Bonchev–Trinajstić information content (AvgIpc) is 2.47. The second kappa shape index (κ2) is 4.43. The van der Waals surface area contributed by atoms with E-state index in [1.165, 1.54) is 0 Å². The number of pyridine rings is 1. The van der Waals surface area contributed by atoms with E-state index in [0.29, 0.717) is 11.1 Å². The minimum absolute atomic E-state index is 0.236. The summed E-state index contributed by atoms with van der Waals surface area (Å²) in [5.74, 6) is 0.236. The molecule has 0 aliphatic rings. The van der Waals surface area contributed by atoms with Gasteiger partial charge in [0.2, 0.25) is 0 Å². The normalized spacial score (nSPS) is 10.3. The third-order valence-electron chi connectivity index (χ3n) is 3.07. The van der Waals surface area contributed by atoms with Gasteiger partial charge in [-0.2, -0.15) is 5.26 Å². The fourth-order valence-corrected chi connectivity index (χ4v) is 2.16. The Bertz CT molecular complexity index is 786. The van der Waals surface area contributed by atoms with Crippen LogP contribution in [0.15, 0.2) is 54.7 Å². The van der Waals surface area contributed by atoms with Gasteiger partial charge in [0.05, 0.1) is 11.1 Å². The Hall–Kier alpha value is -2.86. The molecule has 0 atom stereocenters. The summed E-state index contributed by atoms with van der Waals surface area (Å²) in [5.41, 5.74) is 3.26. The van der Waals surface area contributed by atoms with E-state index in [4.69, 9.17) is 5.26 Å². The molecule has 0 aliphatic carbocycles. The van der Waals surface area contributed by atoms with Gasteiger partial charge in [0.15, 0.2) is 0 Å². The SMILES string of the molecule is N#Cc1ccc(-c2ccc(O)cc2)c2cccnc12. The van der Waals surface area contributed by atoms with Crippen molar-refractivity contribution in [2.24, 2.45) is 0 Å². The van der Waals surface area contributed by atoms with Gasteiger partial charge in [-0.05, 0) is 35.4 Å². The number of hydrogen-bond donors (Lipinski definition) is 1. The molecular weight excluding hydrogens is 236 g/mol. The first-order valence-corrected chi connectivity index (χ1v) is 5.87. The van der Waals surface area contributed by atoms with Crippen LogP contribution in [0.1, 0.15) is 5.56 Å². The number of rotatable bonds is 1. The van der Waals surface area contributed by atoms with E-state index in [1.54, 1.807) is 24.4 Å². The van der Waals surface area contributed by atoms with Crippen LogP contribution in [-0.2, 0) is 0 Å². The Morgan fingerprint density at radius 2 is 1.79 bits per heavy atom. The lowest BCUT2D eigenvalue weighted by Gasteiger charge is -2.07. The maximum absolute atomic E-state index is 9.34. The zero-order valence-electron chi connectivity index (χ0n) is 10.0. The van der Waals surface area contributed by atoms with Gasteiger partial charge in [-0.1, -0.05) is 24.3 Å². The van der Waals surface area contributed by atoms with Crippen LogP contribution in [0.2, 0.25) is 0 Å². The molecule has 3 nitrogen and oxygen atoms in total. The molecule has 1 N–H and O–H groups in total. The fraction of sp³-hybridized carbons (Fsp3) is 0. The molecule has 2 aromatic carbocycles. The van der Waals surface area contributed by atoms with Crippen LogP contribution >= 0.6 is 0 Å². The number of fused-ring (bicyclic) bond motifs is 1. The first kappa shape index (κ1) is 11.2. The summed E-state index contributed by atoms with van der Waals surface area (Å²) in [6.07, 6.45) is 1.68. The van der Waals surface area contributed by atoms with Crippen molar-refractivity contribution in [3.63, 3.8) is 0 Å². The predicted octanol–water partition coefficient (Wildman–Crippen LogP) is 3.48. The minimum Gasteiger partial charge on any atom is -0.508 e. The Morgan fingerprint density at radius 3 is 2.53 bits per heavy atom. The fourth-order valence-electron chi connectivity index (χ4n) is 2.16. The molecule has 0 fully saturated rings. The number of benzene rings is 2. The van der Waals surface area contributed by atoms with Crippen LogP contribution < -0.4 is 0 Å². The number of nitrogens with zero attached hydrogens (tertiary/aromatic N) is 2. The lowest BCUT2D eigenvalue weighted by molar-refractivity contribution is 0.475. The second-order valence-electron chi connectivity index (χ2n) is 4.22. The van der Waals surface area contributed by atoms with E-state index in [-0.39, 0.29) is 5.75 Å². The van der Waals surface area contributed by atoms with Crippen LogP contribution in [0.4, 0.5) is 0 Å². The lowest BCUT2D eigenvalue weighted by Crippen LogP contribution is -1.87. The number of phenolic OH excluding ortho intramolecular Hbond substituents is 1. The molecule has 3 aromatic rings. The molecule has 90 valence electrons. The summed E-state index contributed by atoms with van der Waals surface area (Å²) in [6.45, 7) is 0. The van der Waals surface area contributed by atoms with Crippen molar-refractivity contribution < 1.29 is 5.11 Å². The molecule has 0 aliphatic heterocycles. The Labute approximate surface area is 110 Å². The first-order valence-electron chi connectivity index (χ1n) is 5.87. The highest BCUT2D eigenvalue weighted by Crippen LogP contribution is 2.30. The number of hydrogen-bond acceptors (Lipinski definition) is 3. The van der Waals surface area contributed by atoms with Gasteiger partial charge in [-0.25, -0.2) is 0 Å². The zero-order chi connectivity index (χ0) is 13.2. The first-order chi connectivity index (χ1) is 9.29. The molecular formula is C16H10N2O. The highest BCUT2D eigenvalue weighted by atomic mass is 16.3. The quantitative estimate of drug-likeness (QED) is 0.715. The molecule has 0 spiro atoms. The van der Waals surface area contributed by atoms with Crippen molar-refractivity contribution >= 4 is 10.9 Å². The predicted molar refractivity (Wildman–Crippen MR) is 73.6 cm³/mol. The van der Waals surface area contributed by atoms with Crippen LogP contribution in [0.3, 0.4) is 0 Å². The molecule has 1 aromatic heterocycles. The van der Waals surface area contributed by atoms with Gasteiger partial charge < -0.3 is 5.11 Å².